The molecule has 146 valence electrons. The van der Waals surface area contributed by atoms with Crippen LogP contribution in [0.1, 0.15) is 44.7 Å². The maximum atomic E-state index is 14.0. The number of hydrogen-bond donors (Lipinski definition) is 1. The smallest absolute Gasteiger partial charge is 0.407 e. The van der Waals surface area contributed by atoms with E-state index in [4.69, 9.17) is 16.3 Å². The van der Waals surface area contributed by atoms with Crippen LogP contribution in [0, 0.1) is 5.82 Å². The molecule has 0 radical (unpaired) electrons. The first-order chi connectivity index (χ1) is 12.5. The van der Waals surface area contributed by atoms with Crippen molar-refractivity contribution in [2.45, 2.75) is 51.7 Å². The van der Waals surface area contributed by atoms with Crippen LogP contribution in [0.5, 0.6) is 0 Å². The van der Waals surface area contributed by atoms with Gasteiger partial charge in [0.1, 0.15) is 11.4 Å². The average molecular weight is 457 g/mol. The third kappa shape index (κ3) is 7.15. The Balaban J connectivity index is 2.27. The fourth-order valence-electron chi connectivity index (χ4n) is 2.84. The molecule has 2 aromatic rings. The molecule has 0 aliphatic heterocycles. The summed E-state index contributed by atoms with van der Waals surface area (Å²) in [5, 5.41) is 3.54. The summed E-state index contributed by atoms with van der Waals surface area (Å²) in [4.78, 5) is 12.2. The van der Waals surface area contributed by atoms with Crippen LogP contribution < -0.4 is 5.32 Å². The van der Waals surface area contributed by atoms with Gasteiger partial charge < -0.3 is 10.1 Å². The normalized spacial score (nSPS) is 13.7. The van der Waals surface area contributed by atoms with E-state index in [0.717, 1.165) is 11.1 Å². The van der Waals surface area contributed by atoms with Gasteiger partial charge in [-0.1, -0.05) is 39.7 Å². The van der Waals surface area contributed by atoms with Crippen LogP contribution in [0.15, 0.2) is 46.9 Å². The lowest BCUT2D eigenvalue weighted by molar-refractivity contribution is 0.0501. The van der Waals surface area contributed by atoms with Crippen molar-refractivity contribution in [1.29, 1.82) is 0 Å². The summed E-state index contributed by atoms with van der Waals surface area (Å²) in [7, 11) is 0. The summed E-state index contributed by atoms with van der Waals surface area (Å²) in [5.41, 5.74) is 1.25. The zero-order chi connectivity index (χ0) is 20.2. The molecule has 3 nitrogen and oxygen atoms in total. The maximum absolute atomic E-state index is 14.0. The molecule has 2 atom stereocenters. The summed E-state index contributed by atoms with van der Waals surface area (Å²) >= 11 is 9.32. The Morgan fingerprint density at radius 1 is 1.22 bits per heavy atom. The second-order valence-electron chi connectivity index (χ2n) is 7.57. The summed E-state index contributed by atoms with van der Waals surface area (Å²) in [6, 6.07) is 12.0. The van der Waals surface area contributed by atoms with Gasteiger partial charge in [-0.15, -0.1) is 0 Å². The summed E-state index contributed by atoms with van der Waals surface area (Å²) in [5.74, 6) is -0.476. The fourth-order valence-corrected chi connectivity index (χ4v) is 3.45. The Morgan fingerprint density at radius 2 is 1.85 bits per heavy atom. The minimum atomic E-state index is -0.586. The van der Waals surface area contributed by atoms with E-state index in [1.807, 2.05) is 58.0 Å². The highest BCUT2D eigenvalue weighted by Gasteiger charge is 2.25. The number of amides is 1. The lowest BCUT2D eigenvalue weighted by Crippen LogP contribution is -2.41. The van der Waals surface area contributed by atoms with Gasteiger partial charge in [0, 0.05) is 21.5 Å². The topological polar surface area (TPSA) is 38.3 Å². The first-order valence-corrected chi connectivity index (χ1v) is 9.90. The van der Waals surface area contributed by atoms with Gasteiger partial charge in [0.25, 0.3) is 0 Å². The van der Waals surface area contributed by atoms with Gasteiger partial charge in [0.15, 0.2) is 0 Å². The minimum Gasteiger partial charge on any atom is -0.444 e. The zero-order valence-electron chi connectivity index (χ0n) is 15.9. The van der Waals surface area contributed by atoms with Gasteiger partial charge in [0.05, 0.1) is 0 Å². The van der Waals surface area contributed by atoms with Gasteiger partial charge in [-0.25, -0.2) is 9.18 Å². The van der Waals surface area contributed by atoms with Crippen LogP contribution in [0.2, 0.25) is 5.02 Å². The fraction of sp³-hybridized carbons (Fsp3) is 0.381. The standard InChI is InChI=1S/C21H24BrClFNO2/c1-13(25-20(26)27-21(2,3)4)19(9-14-5-7-17(23)8-6-14)15-10-16(22)12-18(24)11-15/h5-8,10-13,19H,9H2,1-4H3,(H,25,26). The Bertz CT molecular complexity index is 770. The highest BCUT2D eigenvalue weighted by molar-refractivity contribution is 9.10. The Kier molecular flexibility index (Phi) is 7.29. The largest absolute Gasteiger partial charge is 0.444 e. The van der Waals surface area contributed by atoms with E-state index in [-0.39, 0.29) is 17.8 Å². The number of nitrogens with one attached hydrogen (secondary N) is 1. The molecule has 0 aliphatic carbocycles. The number of alkyl carbamates (subject to hydrolysis) is 1. The molecule has 27 heavy (non-hydrogen) atoms. The van der Waals surface area contributed by atoms with Crippen LogP contribution in [0.3, 0.4) is 0 Å². The molecule has 0 fully saturated rings. The van der Waals surface area contributed by atoms with Crippen molar-refractivity contribution in [3.63, 3.8) is 0 Å². The van der Waals surface area contributed by atoms with Crippen molar-refractivity contribution in [2.24, 2.45) is 0 Å². The van der Waals surface area contributed by atoms with Gasteiger partial charge in [-0.3, -0.25) is 0 Å². The number of hydrogen-bond acceptors (Lipinski definition) is 2. The molecule has 2 rings (SSSR count). The van der Waals surface area contributed by atoms with Gasteiger partial charge >= 0.3 is 6.09 Å². The summed E-state index contributed by atoms with van der Waals surface area (Å²) in [6.45, 7) is 7.33. The number of benzene rings is 2. The molecular weight excluding hydrogens is 433 g/mol. The minimum absolute atomic E-state index is 0.148. The molecule has 0 heterocycles. The Hall–Kier alpha value is -1.59. The van der Waals surface area contributed by atoms with Crippen LogP contribution in [-0.2, 0) is 11.2 Å². The highest BCUT2D eigenvalue weighted by atomic mass is 79.9. The number of halogens is 3. The van der Waals surface area contributed by atoms with Crippen LogP contribution in [-0.4, -0.2) is 17.7 Å². The van der Waals surface area contributed by atoms with E-state index in [1.165, 1.54) is 12.1 Å². The Morgan fingerprint density at radius 3 is 2.41 bits per heavy atom. The van der Waals surface area contributed by atoms with Crippen molar-refractivity contribution in [3.8, 4) is 0 Å². The van der Waals surface area contributed by atoms with E-state index in [2.05, 4.69) is 21.2 Å². The van der Waals surface area contributed by atoms with Crippen molar-refractivity contribution >= 4 is 33.6 Å². The van der Waals surface area contributed by atoms with E-state index >= 15 is 0 Å². The molecule has 2 unspecified atom stereocenters. The zero-order valence-corrected chi connectivity index (χ0v) is 18.2. The number of ether oxygens (including phenoxy) is 1. The molecule has 0 aliphatic rings. The SMILES string of the molecule is CC(NC(=O)OC(C)(C)C)C(Cc1ccc(Cl)cc1)c1cc(F)cc(Br)c1. The van der Waals surface area contributed by atoms with Gasteiger partial charge in [0.2, 0.25) is 0 Å². The van der Waals surface area contributed by atoms with Gasteiger partial charge in [-0.05, 0) is 75.6 Å². The molecule has 1 N–H and O–H groups in total. The van der Waals surface area contributed by atoms with Crippen LogP contribution in [0.25, 0.3) is 0 Å². The van der Waals surface area contributed by atoms with Crippen molar-refractivity contribution < 1.29 is 13.9 Å². The second-order valence-corrected chi connectivity index (χ2v) is 8.93. The molecule has 2 aromatic carbocycles. The van der Waals surface area contributed by atoms with E-state index in [1.54, 1.807) is 0 Å². The molecule has 0 spiro atoms. The van der Waals surface area contributed by atoms with E-state index < -0.39 is 11.7 Å². The number of rotatable bonds is 5. The maximum Gasteiger partial charge on any atom is 0.407 e. The molecule has 0 aromatic heterocycles. The summed E-state index contributed by atoms with van der Waals surface area (Å²) < 4.78 is 20.0. The second kappa shape index (κ2) is 9.07. The van der Waals surface area contributed by atoms with Crippen molar-refractivity contribution in [3.05, 3.63) is 68.9 Å². The third-order valence-corrected chi connectivity index (χ3v) is 4.74. The average Bonchev–Trinajstić information content (AvgIpc) is 2.51. The number of carbonyl (C=O) groups is 1. The predicted molar refractivity (Wildman–Crippen MR) is 111 cm³/mol. The van der Waals surface area contributed by atoms with E-state index in [0.29, 0.717) is 15.9 Å². The monoisotopic (exact) mass is 455 g/mol. The van der Waals surface area contributed by atoms with Crippen LogP contribution in [0.4, 0.5) is 9.18 Å². The van der Waals surface area contributed by atoms with Crippen molar-refractivity contribution in [1.82, 2.24) is 5.32 Å². The quantitative estimate of drug-likeness (QED) is 0.559. The lowest BCUT2D eigenvalue weighted by atomic mass is 9.86. The first-order valence-electron chi connectivity index (χ1n) is 8.73. The molecular formula is C21H24BrClFNO2. The van der Waals surface area contributed by atoms with E-state index in [9.17, 15) is 9.18 Å². The lowest BCUT2D eigenvalue weighted by Gasteiger charge is -2.28. The molecule has 0 saturated heterocycles. The highest BCUT2D eigenvalue weighted by Crippen LogP contribution is 2.29. The third-order valence-electron chi connectivity index (χ3n) is 4.03. The predicted octanol–water partition coefficient (Wildman–Crippen LogP) is 6.48. The molecule has 0 saturated carbocycles. The summed E-state index contributed by atoms with van der Waals surface area (Å²) in [6.07, 6.45) is 0.121. The molecule has 1 amide bonds. The van der Waals surface area contributed by atoms with Crippen LogP contribution >= 0.6 is 27.5 Å². The number of carbonyl (C=O) groups excluding carboxylic acids is 1. The first kappa shape index (κ1) is 21.7. The molecule has 6 heteroatoms. The van der Waals surface area contributed by atoms with Crippen molar-refractivity contribution in [2.75, 3.05) is 0 Å². The molecule has 0 bridgehead atoms. The van der Waals surface area contributed by atoms with Gasteiger partial charge in [-0.2, -0.15) is 0 Å². The Labute approximate surface area is 173 Å².